The van der Waals surface area contributed by atoms with Crippen molar-refractivity contribution in [3.63, 3.8) is 0 Å². The molecule has 0 spiro atoms. The number of carbonyl (C=O) groups is 3. The van der Waals surface area contributed by atoms with Crippen molar-refractivity contribution in [1.82, 2.24) is 20.7 Å². The summed E-state index contributed by atoms with van der Waals surface area (Å²) in [4.78, 5) is 41.2. The highest BCUT2D eigenvalue weighted by atomic mass is 16.2. The first kappa shape index (κ1) is 21.1. The van der Waals surface area contributed by atoms with Gasteiger partial charge in [0.1, 0.15) is 0 Å². The molecule has 2 fully saturated rings. The van der Waals surface area contributed by atoms with Crippen molar-refractivity contribution in [3.05, 3.63) is 71.8 Å². The first-order chi connectivity index (χ1) is 14.9. The lowest BCUT2D eigenvalue weighted by Crippen LogP contribution is -2.52. The summed E-state index contributed by atoms with van der Waals surface area (Å²) in [7, 11) is 0. The normalized spacial score (nSPS) is 23.5. The number of imide groups is 1. The van der Waals surface area contributed by atoms with Crippen LogP contribution in [0.25, 0.3) is 0 Å². The maximum absolute atomic E-state index is 13.6. The first-order valence-corrected chi connectivity index (χ1v) is 10.7. The number of urea groups is 1. The van der Waals surface area contributed by atoms with Gasteiger partial charge in [0, 0.05) is 13.1 Å². The Balaban J connectivity index is 1.57. The van der Waals surface area contributed by atoms with Crippen LogP contribution in [0, 0.1) is 11.8 Å². The van der Waals surface area contributed by atoms with Gasteiger partial charge >= 0.3 is 6.03 Å². The molecular weight excluding hydrogens is 392 g/mol. The van der Waals surface area contributed by atoms with Gasteiger partial charge in [-0.05, 0) is 29.4 Å². The number of piperidine rings is 1. The summed E-state index contributed by atoms with van der Waals surface area (Å²) in [5.41, 5.74) is 2.42. The van der Waals surface area contributed by atoms with E-state index in [2.05, 4.69) is 29.5 Å². The highest BCUT2D eigenvalue weighted by Crippen LogP contribution is 2.35. The molecule has 2 aliphatic rings. The number of likely N-dealkylation sites (tertiary alicyclic amines) is 1. The number of nitrogens with zero attached hydrogens (tertiary/aromatic N) is 2. The number of amides is 4. The van der Waals surface area contributed by atoms with Crippen LogP contribution in [0.3, 0.4) is 0 Å². The second-order valence-corrected chi connectivity index (χ2v) is 8.73. The Morgan fingerprint density at radius 3 is 2.00 bits per heavy atom. The Bertz CT molecular complexity index is 914. The number of hydrazine groups is 1. The van der Waals surface area contributed by atoms with Crippen molar-refractivity contribution in [2.24, 2.45) is 11.8 Å². The van der Waals surface area contributed by atoms with Crippen molar-refractivity contribution >= 4 is 17.8 Å². The minimum absolute atomic E-state index is 0.148. The van der Waals surface area contributed by atoms with Crippen LogP contribution in [0.15, 0.2) is 60.7 Å². The molecule has 2 heterocycles. The molecule has 0 aromatic heterocycles. The third kappa shape index (κ3) is 4.05. The molecule has 162 valence electrons. The summed E-state index contributed by atoms with van der Waals surface area (Å²) in [6.07, 6.45) is 1.14. The largest absolute Gasteiger partial charge is 0.344 e. The lowest BCUT2D eigenvalue weighted by molar-refractivity contribution is -0.139. The fourth-order valence-electron chi connectivity index (χ4n) is 4.85. The molecule has 2 N–H and O–H groups in total. The zero-order valence-electron chi connectivity index (χ0n) is 17.9. The van der Waals surface area contributed by atoms with Gasteiger partial charge in [-0.1, -0.05) is 74.5 Å². The average Bonchev–Trinajstić information content (AvgIpc) is 3.00. The molecule has 2 aliphatic heterocycles. The number of hydrogen-bond acceptors (Lipinski definition) is 4. The molecule has 0 bridgehead atoms. The van der Waals surface area contributed by atoms with Crippen molar-refractivity contribution in [2.45, 2.75) is 25.8 Å². The maximum Gasteiger partial charge on any atom is 0.344 e. The number of carbonyl (C=O) groups excluding carboxylic acids is 3. The van der Waals surface area contributed by atoms with Crippen molar-refractivity contribution < 1.29 is 14.4 Å². The molecule has 2 aromatic rings. The van der Waals surface area contributed by atoms with E-state index in [-0.39, 0.29) is 12.5 Å². The highest BCUT2D eigenvalue weighted by molar-refractivity contribution is 6.10. The zero-order valence-corrected chi connectivity index (χ0v) is 17.9. The molecule has 2 saturated heterocycles. The van der Waals surface area contributed by atoms with Crippen LogP contribution in [0.2, 0.25) is 0 Å². The molecule has 0 aliphatic carbocycles. The van der Waals surface area contributed by atoms with Gasteiger partial charge in [0.2, 0.25) is 0 Å². The standard InChI is InChI=1S/C24H28N4O3/c1-17-13-18(2)15-27(14-17)16-21(29)26-28-22(30)24(25-23(28)31,19-9-5-3-6-10-19)20-11-7-4-8-12-20/h3-12,17-18H,13-16H2,1-2H3,(H,25,31)(H,26,29)/t17-,18-/m0/s1. The van der Waals surface area contributed by atoms with Gasteiger partial charge in [0.15, 0.2) is 5.54 Å². The van der Waals surface area contributed by atoms with E-state index < -0.39 is 17.5 Å². The molecule has 31 heavy (non-hydrogen) atoms. The summed E-state index contributed by atoms with van der Waals surface area (Å²) in [5, 5.41) is 3.65. The van der Waals surface area contributed by atoms with Crippen LogP contribution in [0.4, 0.5) is 4.79 Å². The van der Waals surface area contributed by atoms with Gasteiger partial charge in [0.05, 0.1) is 6.54 Å². The maximum atomic E-state index is 13.6. The molecule has 0 radical (unpaired) electrons. The average molecular weight is 421 g/mol. The SMILES string of the molecule is C[C@H]1C[C@H](C)CN(CC(=O)NN2C(=O)NC(c3ccccc3)(c3ccccc3)C2=O)C1. The van der Waals surface area contributed by atoms with Crippen LogP contribution in [0.1, 0.15) is 31.4 Å². The van der Waals surface area contributed by atoms with E-state index >= 15 is 0 Å². The van der Waals surface area contributed by atoms with Crippen LogP contribution in [-0.2, 0) is 15.1 Å². The Hall–Kier alpha value is -3.19. The van der Waals surface area contributed by atoms with Crippen molar-refractivity contribution in [1.29, 1.82) is 0 Å². The van der Waals surface area contributed by atoms with E-state index in [0.29, 0.717) is 23.0 Å². The van der Waals surface area contributed by atoms with Gasteiger partial charge in [-0.3, -0.25) is 19.9 Å². The molecular formula is C24H28N4O3. The fourth-order valence-corrected chi connectivity index (χ4v) is 4.85. The predicted molar refractivity (Wildman–Crippen MR) is 117 cm³/mol. The number of hydrogen-bond donors (Lipinski definition) is 2. The van der Waals surface area contributed by atoms with Gasteiger partial charge in [-0.2, -0.15) is 5.01 Å². The molecule has 7 heteroatoms. The van der Waals surface area contributed by atoms with E-state index in [1.807, 2.05) is 36.4 Å². The quantitative estimate of drug-likeness (QED) is 0.729. The molecule has 2 atom stereocenters. The molecule has 0 unspecified atom stereocenters. The molecule has 2 aromatic carbocycles. The minimum atomic E-state index is -1.39. The Morgan fingerprint density at radius 2 is 1.48 bits per heavy atom. The van der Waals surface area contributed by atoms with E-state index in [4.69, 9.17) is 0 Å². The van der Waals surface area contributed by atoms with E-state index in [1.165, 1.54) is 0 Å². The van der Waals surface area contributed by atoms with E-state index in [9.17, 15) is 14.4 Å². The number of rotatable bonds is 5. The lowest BCUT2D eigenvalue weighted by atomic mass is 9.83. The zero-order chi connectivity index (χ0) is 22.0. The predicted octanol–water partition coefficient (Wildman–Crippen LogP) is 2.49. The second-order valence-electron chi connectivity index (χ2n) is 8.73. The first-order valence-electron chi connectivity index (χ1n) is 10.7. The minimum Gasteiger partial charge on any atom is -0.314 e. The van der Waals surface area contributed by atoms with Crippen LogP contribution in [0.5, 0.6) is 0 Å². The highest BCUT2D eigenvalue weighted by Gasteiger charge is 2.54. The fraction of sp³-hybridized carbons (Fsp3) is 0.375. The molecule has 7 nitrogen and oxygen atoms in total. The summed E-state index contributed by atoms with van der Waals surface area (Å²) < 4.78 is 0. The summed E-state index contributed by atoms with van der Waals surface area (Å²) in [5.74, 6) is 0.125. The molecule has 4 rings (SSSR count). The Morgan fingerprint density at radius 1 is 0.968 bits per heavy atom. The lowest BCUT2D eigenvalue weighted by Gasteiger charge is -2.34. The van der Waals surface area contributed by atoms with Gasteiger partial charge < -0.3 is 5.32 Å². The topological polar surface area (TPSA) is 81.8 Å². The third-order valence-electron chi connectivity index (χ3n) is 5.98. The molecule has 0 saturated carbocycles. The van der Waals surface area contributed by atoms with Crippen LogP contribution < -0.4 is 10.7 Å². The Labute approximate surface area is 182 Å². The summed E-state index contributed by atoms with van der Waals surface area (Å²) in [6.45, 7) is 6.15. The summed E-state index contributed by atoms with van der Waals surface area (Å²) >= 11 is 0. The number of benzene rings is 2. The molecule has 4 amide bonds. The van der Waals surface area contributed by atoms with Gasteiger partial charge in [-0.15, -0.1) is 0 Å². The van der Waals surface area contributed by atoms with Crippen LogP contribution in [-0.4, -0.2) is 47.4 Å². The third-order valence-corrected chi connectivity index (χ3v) is 5.98. The number of nitrogens with one attached hydrogen (secondary N) is 2. The van der Waals surface area contributed by atoms with E-state index in [0.717, 1.165) is 24.5 Å². The second kappa shape index (κ2) is 8.51. The van der Waals surface area contributed by atoms with E-state index in [1.54, 1.807) is 24.3 Å². The smallest absolute Gasteiger partial charge is 0.314 e. The van der Waals surface area contributed by atoms with Crippen LogP contribution >= 0.6 is 0 Å². The monoisotopic (exact) mass is 420 g/mol. The Kier molecular flexibility index (Phi) is 5.78. The summed E-state index contributed by atoms with van der Waals surface area (Å²) in [6, 6.07) is 17.5. The van der Waals surface area contributed by atoms with Gasteiger partial charge in [-0.25, -0.2) is 4.79 Å². The van der Waals surface area contributed by atoms with Crippen molar-refractivity contribution in [2.75, 3.05) is 19.6 Å². The van der Waals surface area contributed by atoms with Crippen molar-refractivity contribution in [3.8, 4) is 0 Å². The van der Waals surface area contributed by atoms with Gasteiger partial charge in [0.25, 0.3) is 11.8 Å².